The fourth-order valence-electron chi connectivity index (χ4n) is 4.35. The van der Waals surface area contributed by atoms with Crippen LogP contribution in [0.1, 0.15) is 30.4 Å². The summed E-state index contributed by atoms with van der Waals surface area (Å²) in [5.74, 6) is -1.91. The van der Waals surface area contributed by atoms with Gasteiger partial charge in [0.2, 0.25) is 0 Å². The lowest BCUT2D eigenvalue weighted by atomic mass is 9.88. The zero-order chi connectivity index (χ0) is 23.4. The Kier molecular flexibility index (Phi) is 7.14. The highest BCUT2D eigenvalue weighted by atomic mass is 19.2. The quantitative estimate of drug-likeness (QED) is 0.354. The van der Waals surface area contributed by atoms with E-state index in [-0.39, 0.29) is 29.0 Å². The number of hydrogen-bond acceptors (Lipinski definition) is 1. The SMILES string of the molecule is C=Cc1ccc(-c2ccc(-c3ccc(CCC4CCC(OC)C=C4F)cc3)c(F)c2F)cc1. The average Bonchev–Trinajstić information content (AvgIpc) is 2.85. The first-order valence-corrected chi connectivity index (χ1v) is 11.2. The van der Waals surface area contributed by atoms with Gasteiger partial charge in [-0.2, -0.15) is 0 Å². The zero-order valence-electron chi connectivity index (χ0n) is 18.7. The first-order chi connectivity index (χ1) is 16.0. The minimum absolute atomic E-state index is 0.0873. The van der Waals surface area contributed by atoms with E-state index in [2.05, 4.69) is 6.58 Å². The number of hydrogen-bond donors (Lipinski definition) is 0. The summed E-state index contributed by atoms with van der Waals surface area (Å²) in [5.41, 5.74) is 3.62. The molecule has 0 aromatic heterocycles. The molecule has 2 atom stereocenters. The van der Waals surface area contributed by atoms with Crippen molar-refractivity contribution in [1.29, 1.82) is 0 Å². The van der Waals surface area contributed by atoms with Crippen LogP contribution in [-0.4, -0.2) is 13.2 Å². The number of halogens is 3. The molecule has 0 saturated heterocycles. The van der Waals surface area contributed by atoms with Gasteiger partial charge in [-0.15, -0.1) is 0 Å². The average molecular weight is 449 g/mol. The predicted molar refractivity (Wildman–Crippen MR) is 128 cm³/mol. The van der Waals surface area contributed by atoms with Crippen molar-refractivity contribution in [2.24, 2.45) is 5.92 Å². The van der Waals surface area contributed by atoms with Gasteiger partial charge >= 0.3 is 0 Å². The molecule has 0 bridgehead atoms. The highest BCUT2D eigenvalue weighted by Crippen LogP contribution is 2.33. The minimum Gasteiger partial charge on any atom is -0.377 e. The fourth-order valence-corrected chi connectivity index (χ4v) is 4.35. The molecule has 3 aromatic carbocycles. The van der Waals surface area contributed by atoms with E-state index in [0.717, 1.165) is 30.4 Å². The van der Waals surface area contributed by atoms with Crippen molar-refractivity contribution in [3.8, 4) is 22.3 Å². The van der Waals surface area contributed by atoms with Crippen LogP contribution in [-0.2, 0) is 11.2 Å². The number of aryl methyl sites for hydroxylation is 1. The van der Waals surface area contributed by atoms with E-state index < -0.39 is 11.6 Å². The van der Waals surface area contributed by atoms with Crippen LogP contribution in [0.5, 0.6) is 0 Å². The Labute approximate surface area is 193 Å². The molecule has 1 nitrogen and oxygen atoms in total. The molecule has 0 saturated carbocycles. The Morgan fingerprint density at radius 3 is 1.94 bits per heavy atom. The number of rotatable bonds is 7. The van der Waals surface area contributed by atoms with Gasteiger partial charge in [-0.25, -0.2) is 13.2 Å². The zero-order valence-corrected chi connectivity index (χ0v) is 18.7. The summed E-state index contributed by atoms with van der Waals surface area (Å²) in [5, 5.41) is 0. The highest BCUT2D eigenvalue weighted by molar-refractivity contribution is 5.72. The Morgan fingerprint density at radius 1 is 0.848 bits per heavy atom. The maximum Gasteiger partial charge on any atom is 0.167 e. The third-order valence-corrected chi connectivity index (χ3v) is 6.42. The first kappa shape index (κ1) is 23.1. The molecule has 4 rings (SSSR count). The van der Waals surface area contributed by atoms with E-state index >= 15 is 0 Å². The molecule has 0 radical (unpaired) electrons. The summed E-state index contributed by atoms with van der Waals surface area (Å²) in [6, 6.07) is 17.7. The molecule has 1 aliphatic carbocycles. The summed E-state index contributed by atoms with van der Waals surface area (Å²) in [6.45, 7) is 3.70. The van der Waals surface area contributed by atoms with Crippen LogP contribution in [0.3, 0.4) is 0 Å². The Hall–Kier alpha value is -3.11. The minimum atomic E-state index is -0.866. The number of ether oxygens (including phenoxy) is 1. The second-order valence-electron chi connectivity index (χ2n) is 8.45. The van der Waals surface area contributed by atoms with Gasteiger partial charge in [0.1, 0.15) is 5.83 Å². The molecule has 33 heavy (non-hydrogen) atoms. The van der Waals surface area contributed by atoms with E-state index in [1.54, 1.807) is 55.7 Å². The standard InChI is InChI=1S/C29H27F3O/c1-3-19-4-9-21(10-5-19)25-16-17-26(29(32)28(25)31)22-11-6-20(7-12-22)8-13-23-14-15-24(33-2)18-27(23)30/h3-7,9-12,16-18,23-24H,1,8,13-15H2,2H3. The number of allylic oxidation sites excluding steroid dienone is 1. The van der Waals surface area contributed by atoms with Crippen LogP contribution in [0.25, 0.3) is 28.3 Å². The van der Waals surface area contributed by atoms with Gasteiger partial charge < -0.3 is 4.74 Å². The second kappa shape index (κ2) is 10.2. The summed E-state index contributed by atoms with van der Waals surface area (Å²) in [7, 11) is 1.60. The lowest BCUT2D eigenvalue weighted by Gasteiger charge is -2.23. The van der Waals surface area contributed by atoms with Gasteiger partial charge in [-0.1, -0.05) is 73.3 Å². The summed E-state index contributed by atoms with van der Waals surface area (Å²) in [6.07, 6.45) is 6.17. The van der Waals surface area contributed by atoms with E-state index in [4.69, 9.17) is 4.74 Å². The van der Waals surface area contributed by atoms with E-state index in [1.165, 1.54) is 0 Å². The van der Waals surface area contributed by atoms with Crippen LogP contribution >= 0.6 is 0 Å². The van der Waals surface area contributed by atoms with Gasteiger partial charge in [0.15, 0.2) is 11.6 Å². The molecular formula is C29H27F3O. The predicted octanol–water partition coefficient (Wildman–Crippen LogP) is 8.15. The fraction of sp³-hybridized carbons (Fsp3) is 0.241. The molecule has 2 unspecified atom stereocenters. The van der Waals surface area contributed by atoms with Crippen molar-refractivity contribution in [3.05, 3.63) is 102 Å². The van der Waals surface area contributed by atoms with E-state index in [9.17, 15) is 13.2 Å². The molecule has 0 fully saturated rings. The smallest absolute Gasteiger partial charge is 0.167 e. The molecular weight excluding hydrogens is 421 g/mol. The van der Waals surface area contributed by atoms with Gasteiger partial charge in [-0.3, -0.25) is 0 Å². The van der Waals surface area contributed by atoms with Crippen molar-refractivity contribution in [2.45, 2.75) is 31.8 Å². The summed E-state index contributed by atoms with van der Waals surface area (Å²) < 4.78 is 49.3. The molecule has 4 heteroatoms. The highest BCUT2D eigenvalue weighted by Gasteiger charge is 2.23. The molecule has 0 N–H and O–H groups in total. The first-order valence-electron chi connectivity index (χ1n) is 11.2. The lowest BCUT2D eigenvalue weighted by molar-refractivity contribution is 0.114. The van der Waals surface area contributed by atoms with Crippen molar-refractivity contribution in [1.82, 2.24) is 0 Å². The summed E-state index contributed by atoms with van der Waals surface area (Å²) >= 11 is 0. The summed E-state index contributed by atoms with van der Waals surface area (Å²) in [4.78, 5) is 0. The second-order valence-corrected chi connectivity index (χ2v) is 8.45. The molecule has 0 spiro atoms. The van der Waals surface area contributed by atoms with Crippen LogP contribution in [0.2, 0.25) is 0 Å². The molecule has 0 aliphatic heterocycles. The van der Waals surface area contributed by atoms with Crippen LogP contribution in [0.15, 0.2) is 79.1 Å². The third kappa shape index (κ3) is 5.12. The van der Waals surface area contributed by atoms with E-state index in [1.807, 2.05) is 24.3 Å². The monoisotopic (exact) mass is 448 g/mol. The van der Waals surface area contributed by atoms with Gasteiger partial charge in [0, 0.05) is 24.2 Å². The molecule has 1 aliphatic rings. The van der Waals surface area contributed by atoms with Crippen molar-refractivity contribution < 1.29 is 17.9 Å². The van der Waals surface area contributed by atoms with Crippen LogP contribution < -0.4 is 0 Å². The molecule has 3 aromatic rings. The number of methoxy groups -OCH3 is 1. The maximum absolute atomic E-state index is 14.9. The largest absolute Gasteiger partial charge is 0.377 e. The van der Waals surface area contributed by atoms with Crippen molar-refractivity contribution in [2.75, 3.05) is 7.11 Å². The van der Waals surface area contributed by atoms with Crippen molar-refractivity contribution >= 4 is 6.08 Å². The van der Waals surface area contributed by atoms with E-state index in [0.29, 0.717) is 17.5 Å². The maximum atomic E-state index is 14.9. The van der Waals surface area contributed by atoms with Gasteiger partial charge in [0.05, 0.1) is 6.10 Å². The Bertz CT molecular complexity index is 1150. The molecule has 0 heterocycles. The van der Waals surface area contributed by atoms with Gasteiger partial charge in [-0.05, 0) is 54.0 Å². The van der Waals surface area contributed by atoms with Gasteiger partial charge in [0.25, 0.3) is 0 Å². The lowest BCUT2D eigenvalue weighted by Crippen LogP contribution is -2.18. The topological polar surface area (TPSA) is 9.23 Å². The Morgan fingerprint density at radius 2 is 1.42 bits per heavy atom. The molecule has 170 valence electrons. The van der Waals surface area contributed by atoms with Crippen molar-refractivity contribution in [3.63, 3.8) is 0 Å². The number of benzene rings is 3. The van der Waals surface area contributed by atoms with Crippen LogP contribution in [0.4, 0.5) is 13.2 Å². The molecule has 0 amide bonds. The Balaban J connectivity index is 1.47. The third-order valence-electron chi connectivity index (χ3n) is 6.42. The normalized spacial score (nSPS) is 18.1. The van der Waals surface area contributed by atoms with Crippen LogP contribution in [0, 0.1) is 17.6 Å².